The summed E-state index contributed by atoms with van der Waals surface area (Å²) in [5.74, 6) is 1.69. The molecule has 0 radical (unpaired) electrons. The number of amides is 1. The highest BCUT2D eigenvalue weighted by atomic mass is 16.2. The van der Waals surface area contributed by atoms with E-state index in [2.05, 4.69) is 14.4 Å². The second-order valence-corrected chi connectivity index (χ2v) is 7.21. The topological polar surface area (TPSA) is 50.5 Å². The molecule has 5 heteroatoms. The van der Waals surface area contributed by atoms with Crippen molar-refractivity contribution in [1.82, 2.24) is 19.3 Å². The van der Waals surface area contributed by atoms with Crippen LogP contribution in [0.25, 0.3) is 5.52 Å². The highest BCUT2D eigenvalue weighted by molar-refractivity contribution is 5.81. The van der Waals surface area contributed by atoms with Crippen LogP contribution in [-0.4, -0.2) is 38.3 Å². The van der Waals surface area contributed by atoms with E-state index in [0.717, 1.165) is 37.3 Å². The number of nitrogens with zero attached hydrogens (tertiary/aromatic N) is 4. The normalized spacial score (nSPS) is 17.2. The van der Waals surface area contributed by atoms with Crippen LogP contribution in [0.2, 0.25) is 0 Å². The van der Waals surface area contributed by atoms with E-state index >= 15 is 0 Å². The Morgan fingerprint density at radius 3 is 2.50 bits per heavy atom. The molecular formula is C17H24N4O. The second-order valence-electron chi connectivity index (χ2n) is 7.21. The molecule has 1 fully saturated rings. The third-order valence-electron chi connectivity index (χ3n) is 4.48. The third-order valence-corrected chi connectivity index (χ3v) is 4.48. The fourth-order valence-corrected chi connectivity index (χ4v) is 3.28. The van der Waals surface area contributed by atoms with Crippen LogP contribution in [0, 0.1) is 12.3 Å². The molecule has 0 N–H and O–H groups in total. The Kier molecular flexibility index (Phi) is 3.67. The lowest BCUT2D eigenvalue weighted by Gasteiger charge is -2.36. The zero-order valence-electron chi connectivity index (χ0n) is 13.8. The summed E-state index contributed by atoms with van der Waals surface area (Å²) in [6.45, 7) is 9.63. The van der Waals surface area contributed by atoms with Crippen molar-refractivity contribution in [3.05, 3.63) is 30.1 Å². The maximum absolute atomic E-state index is 12.4. The van der Waals surface area contributed by atoms with E-state index in [1.165, 1.54) is 5.69 Å². The Labute approximate surface area is 131 Å². The van der Waals surface area contributed by atoms with Gasteiger partial charge in [-0.15, -0.1) is 0 Å². The minimum atomic E-state index is -0.296. The van der Waals surface area contributed by atoms with Crippen molar-refractivity contribution in [2.45, 2.75) is 46.5 Å². The van der Waals surface area contributed by atoms with Crippen LogP contribution in [0.15, 0.2) is 18.6 Å². The average Bonchev–Trinajstić information content (AvgIpc) is 2.87. The summed E-state index contributed by atoms with van der Waals surface area (Å²) in [6.07, 6.45) is 7.64. The molecule has 0 aromatic carbocycles. The Morgan fingerprint density at radius 1 is 1.18 bits per heavy atom. The fraction of sp³-hybridized carbons (Fsp3) is 0.588. The summed E-state index contributed by atoms with van der Waals surface area (Å²) in [5.41, 5.74) is 1.97. The Morgan fingerprint density at radius 2 is 1.86 bits per heavy atom. The van der Waals surface area contributed by atoms with Gasteiger partial charge in [0.2, 0.25) is 5.91 Å². The number of carbonyl (C=O) groups excluding carboxylic acids is 1. The van der Waals surface area contributed by atoms with Crippen molar-refractivity contribution in [3.63, 3.8) is 0 Å². The van der Waals surface area contributed by atoms with Crippen LogP contribution in [-0.2, 0) is 4.79 Å². The first-order valence-corrected chi connectivity index (χ1v) is 7.95. The molecule has 2 aromatic heterocycles. The summed E-state index contributed by atoms with van der Waals surface area (Å²) in [7, 11) is 0. The van der Waals surface area contributed by atoms with Crippen molar-refractivity contribution in [3.8, 4) is 0 Å². The van der Waals surface area contributed by atoms with E-state index in [-0.39, 0.29) is 11.3 Å². The monoisotopic (exact) mass is 300 g/mol. The molecule has 3 heterocycles. The molecule has 22 heavy (non-hydrogen) atoms. The minimum absolute atomic E-state index is 0.251. The lowest BCUT2D eigenvalue weighted by Crippen LogP contribution is -2.43. The Hall–Kier alpha value is -1.91. The highest BCUT2D eigenvalue weighted by Crippen LogP contribution is 2.30. The predicted octanol–water partition coefficient (Wildman–Crippen LogP) is 2.79. The molecule has 0 saturated carbocycles. The van der Waals surface area contributed by atoms with Crippen molar-refractivity contribution in [2.24, 2.45) is 5.41 Å². The van der Waals surface area contributed by atoms with Gasteiger partial charge in [0, 0.05) is 36.3 Å². The number of piperidine rings is 1. The van der Waals surface area contributed by atoms with Crippen molar-refractivity contribution in [2.75, 3.05) is 13.1 Å². The van der Waals surface area contributed by atoms with Crippen LogP contribution in [0.4, 0.5) is 0 Å². The van der Waals surface area contributed by atoms with Gasteiger partial charge in [0.15, 0.2) is 0 Å². The van der Waals surface area contributed by atoms with Gasteiger partial charge in [-0.05, 0) is 19.8 Å². The standard InChI is InChI=1S/C17H24N4O/c1-12-19-10-14-9-18-11-15(21(12)14)13-5-7-20(8-6-13)16(22)17(2,3)4/h9-11,13H,5-8H2,1-4H3. The van der Waals surface area contributed by atoms with E-state index in [1.54, 1.807) is 0 Å². The van der Waals surface area contributed by atoms with Crippen molar-refractivity contribution < 1.29 is 4.79 Å². The van der Waals surface area contributed by atoms with Gasteiger partial charge < -0.3 is 4.90 Å². The number of likely N-dealkylation sites (tertiary alicyclic amines) is 1. The SMILES string of the molecule is Cc1ncc2cncc(C3CCN(C(=O)C(C)(C)C)CC3)n12. The van der Waals surface area contributed by atoms with E-state index in [1.807, 2.05) is 51.2 Å². The minimum Gasteiger partial charge on any atom is -0.342 e. The summed E-state index contributed by atoms with van der Waals surface area (Å²) in [5, 5.41) is 0. The Balaban J connectivity index is 1.79. The van der Waals surface area contributed by atoms with Gasteiger partial charge in [-0.1, -0.05) is 20.8 Å². The van der Waals surface area contributed by atoms with E-state index in [4.69, 9.17) is 0 Å². The van der Waals surface area contributed by atoms with Crippen LogP contribution >= 0.6 is 0 Å². The van der Waals surface area contributed by atoms with Crippen LogP contribution in [0.1, 0.15) is 51.0 Å². The van der Waals surface area contributed by atoms with Gasteiger partial charge in [0.05, 0.1) is 17.9 Å². The average molecular weight is 300 g/mol. The first-order valence-electron chi connectivity index (χ1n) is 7.95. The molecular weight excluding hydrogens is 276 g/mol. The molecule has 118 valence electrons. The molecule has 3 rings (SSSR count). The van der Waals surface area contributed by atoms with Gasteiger partial charge in [0.1, 0.15) is 5.82 Å². The van der Waals surface area contributed by atoms with Crippen LogP contribution in [0.5, 0.6) is 0 Å². The molecule has 0 unspecified atom stereocenters. The van der Waals surface area contributed by atoms with Gasteiger partial charge in [0.25, 0.3) is 0 Å². The van der Waals surface area contributed by atoms with Gasteiger partial charge in [-0.25, -0.2) is 4.98 Å². The number of fused-ring (bicyclic) bond motifs is 1. The lowest BCUT2D eigenvalue weighted by atomic mass is 9.89. The zero-order chi connectivity index (χ0) is 15.9. The van der Waals surface area contributed by atoms with Crippen molar-refractivity contribution in [1.29, 1.82) is 0 Å². The van der Waals surface area contributed by atoms with E-state index < -0.39 is 0 Å². The van der Waals surface area contributed by atoms with Gasteiger partial charge >= 0.3 is 0 Å². The van der Waals surface area contributed by atoms with Gasteiger partial charge in [-0.3, -0.25) is 14.2 Å². The maximum Gasteiger partial charge on any atom is 0.227 e. The summed E-state index contributed by atoms with van der Waals surface area (Å²) in [4.78, 5) is 23.1. The van der Waals surface area contributed by atoms with E-state index in [9.17, 15) is 4.79 Å². The van der Waals surface area contributed by atoms with Crippen LogP contribution < -0.4 is 0 Å². The smallest absolute Gasteiger partial charge is 0.227 e. The lowest BCUT2D eigenvalue weighted by molar-refractivity contribution is -0.140. The second kappa shape index (κ2) is 5.38. The third kappa shape index (κ3) is 2.60. The number of aryl methyl sites for hydroxylation is 1. The molecule has 1 aliphatic rings. The molecule has 1 saturated heterocycles. The molecule has 0 aliphatic carbocycles. The number of carbonyl (C=O) groups is 1. The summed E-state index contributed by atoms with van der Waals surface area (Å²) in [6, 6.07) is 0. The molecule has 2 aromatic rings. The number of imidazole rings is 1. The first-order chi connectivity index (χ1) is 10.4. The van der Waals surface area contributed by atoms with Crippen molar-refractivity contribution >= 4 is 11.4 Å². The predicted molar refractivity (Wildman–Crippen MR) is 85.7 cm³/mol. The number of hydrogen-bond acceptors (Lipinski definition) is 3. The summed E-state index contributed by atoms with van der Waals surface area (Å²) < 4.78 is 2.19. The molecule has 0 spiro atoms. The number of aromatic nitrogens is 3. The largest absolute Gasteiger partial charge is 0.342 e. The fourth-order valence-electron chi connectivity index (χ4n) is 3.28. The Bertz CT molecular complexity index is 690. The maximum atomic E-state index is 12.4. The molecule has 1 aliphatic heterocycles. The quantitative estimate of drug-likeness (QED) is 0.813. The molecule has 1 amide bonds. The van der Waals surface area contributed by atoms with E-state index in [0.29, 0.717) is 5.92 Å². The highest BCUT2D eigenvalue weighted by Gasteiger charge is 2.31. The molecule has 0 bridgehead atoms. The van der Waals surface area contributed by atoms with Crippen LogP contribution in [0.3, 0.4) is 0 Å². The molecule has 5 nitrogen and oxygen atoms in total. The van der Waals surface area contributed by atoms with Gasteiger partial charge in [-0.2, -0.15) is 0 Å². The number of hydrogen-bond donors (Lipinski definition) is 0. The summed E-state index contributed by atoms with van der Waals surface area (Å²) >= 11 is 0. The number of rotatable bonds is 1. The molecule has 0 atom stereocenters. The zero-order valence-corrected chi connectivity index (χ0v) is 13.8. The first kappa shape index (κ1) is 15.0.